The summed E-state index contributed by atoms with van der Waals surface area (Å²) in [4.78, 5) is 0. The third kappa shape index (κ3) is 2.83. The van der Waals surface area contributed by atoms with Crippen LogP contribution < -0.4 is 14.2 Å². The number of benzene rings is 2. The summed E-state index contributed by atoms with van der Waals surface area (Å²) in [5, 5.41) is 0. The standard InChI is InChI=1S/C21H26O3/c1-6-7-15-10-17-14(3)20(24-21(17)19(11-15)23-5)16-9-8-13(2)18(12-16)22-4/h8-12,14,20H,6-7H2,1-5H3. The molecule has 2 aromatic rings. The van der Waals surface area contributed by atoms with Crippen LogP contribution in [-0.2, 0) is 6.42 Å². The lowest BCUT2D eigenvalue weighted by atomic mass is 9.91. The molecule has 0 N–H and O–H groups in total. The summed E-state index contributed by atoms with van der Waals surface area (Å²) in [6.07, 6.45) is 2.16. The molecule has 0 amide bonds. The molecule has 0 fully saturated rings. The Balaban J connectivity index is 1.99. The van der Waals surface area contributed by atoms with Gasteiger partial charge in [-0.2, -0.15) is 0 Å². The molecular formula is C21H26O3. The van der Waals surface area contributed by atoms with Gasteiger partial charge in [-0.1, -0.05) is 38.5 Å². The number of hydrogen-bond acceptors (Lipinski definition) is 3. The van der Waals surface area contributed by atoms with E-state index in [1.165, 1.54) is 11.1 Å². The van der Waals surface area contributed by atoms with Crippen molar-refractivity contribution >= 4 is 0 Å². The van der Waals surface area contributed by atoms with E-state index in [0.29, 0.717) is 0 Å². The second kappa shape index (κ2) is 6.76. The molecule has 0 saturated heterocycles. The van der Waals surface area contributed by atoms with Crippen molar-refractivity contribution in [2.24, 2.45) is 0 Å². The first-order valence-corrected chi connectivity index (χ1v) is 8.61. The number of ether oxygens (including phenoxy) is 3. The topological polar surface area (TPSA) is 27.7 Å². The number of aryl methyl sites for hydroxylation is 2. The first kappa shape index (κ1) is 16.7. The monoisotopic (exact) mass is 326 g/mol. The maximum Gasteiger partial charge on any atom is 0.165 e. The Morgan fingerprint density at radius 1 is 1.04 bits per heavy atom. The van der Waals surface area contributed by atoms with Gasteiger partial charge in [-0.3, -0.25) is 0 Å². The highest BCUT2D eigenvalue weighted by Crippen LogP contribution is 2.51. The zero-order chi connectivity index (χ0) is 17.3. The Morgan fingerprint density at radius 2 is 1.79 bits per heavy atom. The highest BCUT2D eigenvalue weighted by Gasteiger charge is 2.35. The van der Waals surface area contributed by atoms with Crippen LogP contribution in [0.15, 0.2) is 30.3 Å². The quantitative estimate of drug-likeness (QED) is 0.755. The van der Waals surface area contributed by atoms with Gasteiger partial charge in [0.1, 0.15) is 11.9 Å². The Labute approximate surface area is 144 Å². The van der Waals surface area contributed by atoms with Gasteiger partial charge in [0, 0.05) is 11.5 Å². The van der Waals surface area contributed by atoms with Gasteiger partial charge in [0.2, 0.25) is 0 Å². The SMILES string of the molecule is CCCc1cc(OC)c2c(c1)C(C)C(c1ccc(C)c(OC)c1)O2. The highest BCUT2D eigenvalue weighted by molar-refractivity contribution is 5.55. The molecule has 3 rings (SSSR count). The second-order valence-electron chi connectivity index (χ2n) is 6.52. The zero-order valence-corrected chi connectivity index (χ0v) is 15.2. The van der Waals surface area contributed by atoms with Crippen molar-refractivity contribution < 1.29 is 14.2 Å². The van der Waals surface area contributed by atoms with Crippen LogP contribution >= 0.6 is 0 Å². The lowest BCUT2D eigenvalue weighted by molar-refractivity contribution is 0.208. The normalized spacial score (nSPS) is 18.9. The van der Waals surface area contributed by atoms with Crippen molar-refractivity contribution in [1.29, 1.82) is 0 Å². The lowest BCUT2D eigenvalue weighted by Crippen LogP contribution is -2.07. The summed E-state index contributed by atoms with van der Waals surface area (Å²) < 4.78 is 17.4. The minimum Gasteiger partial charge on any atom is -0.496 e. The first-order chi connectivity index (χ1) is 11.6. The maximum atomic E-state index is 6.32. The van der Waals surface area contributed by atoms with Gasteiger partial charge in [-0.25, -0.2) is 0 Å². The zero-order valence-electron chi connectivity index (χ0n) is 15.2. The van der Waals surface area contributed by atoms with Crippen LogP contribution in [0.3, 0.4) is 0 Å². The van der Waals surface area contributed by atoms with E-state index in [0.717, 1.165) is 41.2 Å². The molecule has 0 radical (unpaired) electrons. The fourth-order valence-electron chi connectivity index (χ4n) is 3.49. The molecule has 1 heterocycles. The fourth-order valence-corrected chi connectivity index (χ4v) is 3.49. The van der Waals surface area contributed by atoms with Gasteiger partial charge in [0.05, 0.1) is 14.2 Å². The molecule has 3 nitrogen and oxygen atoms in total. The van der Waals surface area contributed by atoms with Crippen LogP contribution in [0.5, 0.6) is 17.2 Å². The third-order valence-corrected chi connectivity index (χ3v) is 4.85. The maximum absolute atomic E-state index is 6.32. The van der Waals surface area contributed by atoms with E-state index >= 15 is 0 Å². The molecule has 0 spiro atoms. The molecule has 3 heteroatoms. The number of rotatable bonds is 5. The largest absolute Gasteiger partial charge is 0.496 e. The molecule has 2 unspecified atom stereocenters. The van der Waals surface area contributed by atoms with Crippen molar-refractivity contribution in [3.63, 3.8) is 0 Å². The van der Waals surface area contributed by atoms with Crippen LogP contribution in [-0.4, -0.2) is 14.2 Å². The number of methoxy groups -OCH3 is 2. The predicted octanol–water partition coefficient (Wildman–Crippen LogP) is 5.20. The smallest absolute Gasteiger partial charge is 0.165 e. The van der Waals surface area contributed by atoms with E-state index in [4.69, 9.17) is 14.2 Å². The molecule has 2 atom stereocenters. The van der Waals surface area contributed by atoms with Crippen molar-refractivity contribution in [2.75, 3.05) is 14.2 Å². The fraction of sp³-hybridized carbons (Fsp3) is 0.429. The lowest BCUT2D eigenvalue weighted by Gasteiger charge is -2.17. The molecule has 0 bridgehead atoms. The van der Waals surface area contributed by atoms with Crippen molar-refractivity contribution in [3.05, 3.63) is 52.6 Å². The van der Waals surface area contributed by atoms with Crippen molar-refractivity contribution in [1.82, 2.24) is 0 Å². The van der Waals surface area contributed by atoms with Crippen LogP contribution in [0, 0.1) is 6.92 Å². The van der Waals surface area contributed by atoms with Gasteiger partial charge in [0.15, 0.2) is 11.5 Å². The summed E-state index contributed by atoms with van der Waals surface area (Å²) in [7, 11) is 3.42. The minimum atomic E-state index is -0.0136. The summed E-state index contributed by atoms with van der Waals surface area (Å²) in [5.74, 6) is 2.90. The van der Waals surface area contributed by atoms with E-state index in [-0.39, 0.29) is 12.0 Å². The highest BCUT2D eigenvalue weighted by atomic mass is 16.5. The minimum absolute atomic E-state index is 0.0136. The molecule has 24 heavy (non-hydrogen) atoms. The Bertz CT molecular complexity index is 736. The molecule has 0 saturated carbocycles. The third-order valence-electron chi connectivity index (χ3n) is 4.85. The summed E-state index contributed by atoms with van der Waals surface area (Å²) >= 11 is 0. The van der Waals surface area contributed by atoms with Gasteiger partial charge < -0.3 is 14.2 Å². The van der Waals surface area contributed by atoms with E-state index in [2.05, 4.69) is 51.1 Å². The van der Waals surface area contributed by atoms with E-state index in [1.807, 2.05) is 0 Å². The predicted molar refractivity (Wildman–Crippen MR) is 96.5 cm³/mol. The summed E-state index contributed by atoms with van der Waals surface area (Å²) in [5.41, 5.74) is 4.82. The molecule has 0 aromatic heterocycles. The first-order valence-electron chi connectivity index (χ1n) is 8.61. The summed E-state index contributed by atoms with van der Waals surface area (Å²) in [6.45, 7) is 6.47. The second-order valence-corrected chi connectivity index (χ2v) is 6.52. The van der Waals surface area contributed by atoms with Gasteiger partial charge in [-0.15, -0.1) is 0 Å². The van der Waals surface area contributed by atoms with Gasteiger partial charge in [0.25, 0.3) is 0 Å². The average molecular weight is 326 g/mol. The molecular weight excluding hydrogens is 300 g/mol. The van der Waals surface area contributed by atoms with E-state index < -0.39 is 0 Å². The Hall–Kier alpha value is -2.16. The molecule has 2 aromatic carbocycles. The van der Waals surface area contributed by atoms with Crippen molar-refractivity contribution in [2.45, 2.75) is 45.6 Å². The molecule has 0 aliphatic carbocycles. The van der Waals surface area contributed by atoms with Crippen LogP contribution in [0.25, 0.3) is 0 Å². The Morgan fingerprint density at radius 3 is 2.46 bits per heavy atom. The number of hydrogen-bond donors (Lipinski definition) is 0. The molecule has 1 aliphatic heterocycles. The Kier molecular flexibility index (Phi) is 4.70. The van der Waals surface area contributed by atoms with Crippen molar-refractivity contribution in [3.8, 4) is 17.2 Å². The van der Waals surface area contributed by atoms with Gasteiger partial charge >= 0.3 is 0 Å². The number of fused-ring (bicyclic) bond motifs is 1. The van der Waals surface area contributed by atoms with Gasteiger partial charge in [-0.05, 0) is 42.2 Å². The van der Waals surface area contributed by atoms with E-state index in [1.54, 1.807) is 14.2 Å². The summed E-state index contributed by atoms with van der Waals surface area (Å²) in [6, 6.07) is 10.7. The molecule has 1 aliphatic rings. The molecule has 128 valence electrons. The van der Waals surface area contributed by atoms with E-state index in [9.17, 15) is 0 Å². The van der Waals surface area contributed by atoms with Crippen LogP contribution in [0.1, 0.15) is 54.5 Å². The van der Waals surface area contributed by atoms with Crippen LogP contribution in [0.4, 0.5) is 0 Å². The van der Waals surface area contributed by atoms with Crippen LogP contribution in [0.2, 0.25) is 0 Å². The average Bonchev–Trinajstić information content (AvgIpc) is 2.92.